The fraction of sp³-hybridized carbons (Fsp3) is 0.615. The Kier molecular flexibility index (Phi) is 2.78. The number of hydrogen-bond donors (Lipinski definition) is 0. The normalized spacial score (nSPS) is 21.4. The zero-order valence-electron chi connectivity index (χ0n) is 10.2. The van der Waals surface area contributed by atoms with Crippen molar-refractivity contribution in [1.82, 2.24) is 4.90 Å². The summed E-state index contributed by atoms with van der Waals surface area (Å²) in [6.07, 6.45) is 3.75. The highest BCUT2D eigenvalue weighted by Gasteiger charge is 2.36. The molecule has 16 heavy (non-hydrogen) atoms. The van der Waals surface area contributed by atoms with Crippen LogP contribution in [0.15, 0.2) is 22.8 Å². The van der Waals surface area contributed by atoms with Gasteiger partial charge in [0, 0.05) is 12.0 Å². The predicted octanol–water partition coefficient (Wildman–Crippen LogP) is 2.99. The molecule has 1 aromatic rings. The minimum Gasteiger partial charge on any atom is -0.467 e. The van der Waals surface area contributed by atoms with Crippen LogP contribution >= 0.6 is 0 Å². The summed E-state index contributed by atoms with van der Waals surface area (Å²) in [6, 6.07) is 3.98. The Hall–Kier alpha value is -1.25. The molecule has 2 heterocycles. The first-order valence-corrected chi connectivity index (χ1v) is 5.84. The van der Waals surface area contributed by atoms with Crippen LogP contribution in [0.1, 0.15) is 45.4 Å². The molecule has 1 aliphatic rings. The monoisotopic (exact) mass is 221 g/mol. The van der Waals surface area contributed by atoms with Gasteiger partial charge in [0.1, 0.15) is 5.76 Å². The van der Waals surface area contributed by atoms with Crippen LogP contribution in [-0.2, 0) is 4.79 Å². The lowest BCUT2D eigenvalue weighted by molar-refractivity contribution is -0.140. The van der Waals surface area contributed by atoms with Crippen molar-refractivity contribution in [3.05, 3.63) is 24.2 Å². The van der Waals surface area contributed by atoms with E-state index in [0.717, 1.165) is 25.1 Å². The first kappa shape index (κ1) is 11.2. The summed E-state index contributed by atoms with van der Waals surface area (Å²) in [5, 5.41) is 0. The highest BCUT2D eigenvalue weighted by molar-refractivity contribution is 5.82. The predicted molar refractivity (Wildman–Crippen MR) is 61.9 cm³/mol. The van der Waals surface area contributed by atoms with Crippen molar-refractivity contribution >= 4 is 5.91 Å². The van der Waals surface area contributed by atoms with E-state index in [9.17, 15) is 4.79 Å². The van der Waals surface area contributed by atoms with Gasteiger partial charge in [0.15, 0.2) is 0 Å². The molecule has 0 N–H and O–H groups in total. The van der Waals surface area contributed by atoms with E-state index in [2.05, 4.69) is 0 Å². The molecule has 1 aliphatic heterocycles. The van der Waals surface area contributed by atoms with Gasteiger partial charge in [-0.25, -0.2) is 0 Å². The Morgan fingerprint density at radius 3 is 2.81 bits per heavy atom. The van der Waals surface area contributed by atoms with Crippen molar-refractivity contribution in [2.45, 2.75) is 39.7 Å². The molecule has 0 saturated carbocycles. The van der Waals surface area contributed by atoms with Gasteiger partial charge in [0.25, 0.3) is 0 Å². The first-order valence-electron chi connectivity index (χ1n) is 5.84. The van der Waals surface area contributed by atoms with Crippen molar-refractivity contribution in [1.29, 1.82) is 0 Å². The molecule has 1 aromatic heterocycles. The Balaban J connectivity index is 2.19. The molecule has 3 heteroatoms. The molecule has 2 rings (SSSR count). The van der Waals surface area contributed by atoms with Crippen molar-refractivity contribution in [2.75, 3.05) is 6.54 Å². The summed E-state index contributed by atoms with van der Waals surface area (Å²) in [4.78, 5) is 14.2. The lowest BCUT2D eigenvalue weighted by Gasteiger charge is -2.29. The highest BCUT2D eigenvalue weighted by atomic mass is 16.3. The quantitative estimate of drug-likeness (QED) is 0.730. The third-order valence-corrected chi connectivity index (χ3v) is 3.03. The second-order valence-corrected chi connectivity index (χ2v) is 5.42. The van der Waals surface area contributed by atoms with Crippen molar-refractivity contribution < 1.29 is 9.21 Å². The summed E-state index contributed by atoms with van der Waals surface area (Å²) in [5.41, 5.74) is -0.310. The van der Waals surface area contributed by atoms with Gasteiger partial charge in [0.2, 0.25) is 5.91 Å². The number of amides is 1. The van der Waals surface area contributed by atoms with Crippen molar-refractivity contribution in [2.24, 2.45) is 5.41 Å². The molecule has 1 atom stereocenters. The van der Waals surface area contributed by atoms with Crippen LogP contribution in [-0.4, -0.2) is 17.4 Å². The van der Waals surface area contributed by atoms with E-state index in [0.29, 0.717) is 0 Å². The lowest BCUT2D eigenvalue weighted by Crippen LogP contribution is -2.38. The molecule has 0 radical (unpaired) electrons. The van der Waals surface area contributed by atoms with Crippen LogP contribution in [0.2, 0.25) is 0 Å². The Bertz CT molecular complexity index is 362. The molecular weight excluding hydrogens is 202 g/mol. The number of carbonyl (C=O) groups is 1. The van der Waals surface area contributed by atoms with Crippen molar-refractivity contribution in [3.8, 4) is 0 Å². The molecule has 0 spiro atoms. The van der Waals surface area contributed by atoms with E-state index < -0.39 is 0 Å². The Labute approximate surface area is 96.4 Å². The van der Waals surface area contributed by atoms with E-state index in [-0.39, 0.29) is 17.4 Å². The van der Waals surface area contributed by atoms with Crippen molar-refractivity contribution in [3.63, 3.8) is 0 Å². The van der Waals surface area contributed by atoms with E-state index in [1.807, 2.05) is 37.8 Å². The first-order chi connectivity index (χ1) is 7.50. The van der Waals surface area contributed by atoms with Gasteiger partial charge >= 0.3 is 0 Å². The van der Waals surface area contributed by atoms with E-state index in [4.69, 9.17) is 4.42 Å². The van der Waals surface area contributed by atoms with Gasteiger partial charge in [-0.3, -0.25) is 4.79 Å². The number of furan rings is 1. The van der Waals surface area contributed by atoms with Crippen LogP contribution in [0.3, 0.4) is 0 Å². The smallest absolute Gasteiger partial charge is 0.228 e. The number of carbonyl (C=O) groups excluding carboxylic acids is 1. The zero-order chi connectivity index (χ0) is 11.8. The third-order valence-electron chi connectivity index (χ3n) is 3.03. The zero-order valence-corrected chi connectivity index (χ0v) is 10.2. The summed E-state index contributed by atoms with van der Waals surface area (Å²) in [5.74, 6) is 1.13. The summed E-state index contributed by atoms with van der Waals surface area (Å²) >= 11 is 0. The van der Waals surface area contributed by atoms with Crippen LogP contribution < -0.4 is 0 Å². The number of likely N-dealkylation sites (tertiary alicyclic amines) is 1. The second-order valence-electron chi connectivity index (χ2n) is 5.42. The summed E-state index contributed by atoms with van der Waals surface area (Å²) in [7, 11) is 0. The maximum atomic E-state index is 12.3. The fourth-order valence-corrected chi connectivity index (χ4v) is 2.22. The number of rotatable bonds is 1. The van der Waals surface area contributed by atoms with Gasteiger partial charge in [-0.15, -0.1) is 0 Å². The summed E-state index contributed by atoms with van der Waals surface area (Å²) in [6.45, 7) is 6.74. The van der Waals surface area contributed by atoms with Gasteiger partial charge in [-0.2, -0.15) is 0 Å². The Morgan fingerprint density at radius 2 is 2.25 bits per heavy atom. The SMILES string of the molecule is CC(C)(C)C(=O)N1CCC[C@H]1c1ccco1. The minimum atomic E-state index is -0.310. The minimum absolute atomic E-state index is 0.140. The average Bonchev–Trinajstić information content (AvgIpc) is 2.85. The van der Waals surface area contributed by atoms with Crippen LogP contribution in [0.5, 0.6) is 0 Å². The van der Waals surface area contributed by atoms with Crippen LogP contribution in [0.25, 0.3) is 0 Å². The van der Waals surface area contributed by atoms with Gasteiger partial charge in [-0.05, 0) is 25.0 Å². The molecule has 0 bridgehead atoms. The van der Waals surface area contributed by atoms with E-state index in [1.165, 1.54) is 0 Å². The largest absolute Gasteiger partial charge is 0.467 e. The van der Waals surface area contributed by atoms with Crippen LogP contribution in [0, 0.1) is 5.41 Å². The molecule has 0 aromatic carbocycles. The standard InChI is InChI=1S/C13H19NO2/c1-13(2,3)12(15)14-8-4-6-10(14)11-7-5-9-16-11/h5,7,9-10H,4,6,8H2,1-3H3/t10-/m0/s1. The number of hydrogen-bond acceptors (Lipinski definition) is 2. The van der Waals surface area contributed by atoms with Crippen LogP contribution in [0.4, 0.5) is 0 Å². The van der Waals surface area contributed by atoms with E-state index in [1.54, 1.807) is 6.26 Å². The maximum absolute atomic E-state index is 12.3. The molecule has 1 saturated heterocycles. The molecule has 3 nitrogen and oxygen atoms in total. The average molecular weight is 221 g/mol. The lowest BCUT2D eigenvalue weighted by atomic mass is 9.94. The molecule has 88 valence electrons. The molecule has 1 fully saturated rings. The molecular formula is C13H19NO2. The molecule has 0 aliphatic carbocycles. The Morgan fingerprint density at radius 1 is 1.50 bits per heavy atom. The molecule has 0 unspecified atom stereocenters. The number of nitrogens with zero attached hydrogens (tertiary/aromatic N) is 1. The third kappa shape index (κ3) is 1.99. The van der Waals surface area contributed by atoms with Gasteiger partial charge in [0.05, 0.1) is 12.3 Å². The van der Waals surface area contributed by atoms with E-state index >= 15 is 0 Å². The topological polar surface area (TPSA) is 33.5 Å². The maximum Gasteiger partial charge on any atom is 0.228 e. The van der Waals surface area contributed by atoms with Gasteiger partial charge < -0.3 is 9.32 Å². The fourth-order valence-electron chi connectivity index (χ4n) is 2.22. The van der Waals surface area contributed by atoms with Gasteiger partial charge in [-0.1, -0.05) is 20.8 Å². The second kappa shape index (κ2) is 3.96. The summed E-state index contributed by atoms with van der Waals surface area (Å²) < 4.78 is 5.42. The highest BCUT2D eigenvalue weighted by Crippen LogP contribution is 2.35. The molecule has 1 amide bonds.